The summed E-state index contributed by atoms with van der Waals surface area (Å²) < 4.78 is 63.4. The number of anilines is 1. The number of benzene rings is 2. The van der Waals surface area contributed by atoms with Crippen molar-refractivity contribution >= 4 is 27.4 Å². The molecule has 1 aliphatic carbocycles. The van der Waals surface area contributed by atoms with Crippen LogP contribution in [0.5, 0.6) is 17.2 Å². The minimum Gasteiger partial charge on any atom is -0.497 e. The lowest BCUT2D eigenvalue weighted by Crippen LogP contribution is -2.32. The summed E-state index contributed by atoms with van der Waals surface area (Å²) in [6, 6.07) is 10.9. The zero-order chi connectivity index (χ0) is 29.1. The van der Waals surface area contributed by atoms with E-state index >= 15 is 4.39 Å². The van der Waals surface area contributed by atoms with Crippen LogP contribution in [0, 0.1) is 5.82 Å². The van der Waals surface area contributed by atoms with Crippen molar-refractivity contribution in [1.82, 2.24) is 19.7 Å². The van der Waals surface area contributed by atoms with Gasteiger partial charge in [-0.25, -0.2) is 27.1 Å². The number of halogens is 2. The van der Waals surface area contributed by atoms with Gasteiger partial charge in [0.15, 0.2) is 5.82 Å². The normalized spacial score (nSPS) is 16.9. The molecule has 4 aromatic rings. The van der Waals surface area contributed by atoms with E-state index < -0.39 is 25.8 Å². The van der Waals surface area contributed by atoms with E-state index in [4.69, 9.17) is 25.8 Å². The van der Waals surface area contributed by atoms with Gasteiger partial charge in [0, 0.05) is 48.7 Å². The quantitative estimate of drug-likeness (QED) is 0.246. The van der Waals surface area contributed by atoms with Gasteiger partial charge in [0.2, 0.25) is 0 Å². The van der Waals surface area contributed by atoms with Crippen LogP contribution in [0.25, 0.3) is 0 Å². The third-order valence-corrected chi connectivity index (χ3v) is 9.30. The van der Waals surface area contributed by atoms with Crippen molar-refractivity contribution in [3.63, 3.8) is 0 Å². The fourth-order valence-corrected chi connectivity index (χ4v) is 6.83. The maximum atomic E-state index is 15.8. The number of nitrogens with zero attached hydrogens (tertiary/aromatic N) is 5. The Kier molecular flexibility index (Phi) is 8.32. The summed E-state index contributed by atoms with van der Waals surface area (Å²) in [7, 11) is 0.324. The topological polar surface area (TPSA) is 109 Å². The summed E-state index contributed by atoms with van der Waals surface area (Å²) in [5.74, 6) is -0.0205. The highest BCUT2D eigenvalue weighted by Gasteiger charge is 2.35. The molecule has 0 saturated heterocycles. The van der Waals surface area contributed by atoms with Crippen molar-refractivity contribution in [3.05, 3.63) is 83.3 Å². The number of sulfonamides is 1. The summed E-state index contributed by atoms with van der Waals surface area (Å²) in [4.78, 5) is 7.38. The van der Waals surface area contributed by atoms with Gasteiger partial charge in [-0.15, -0.1) is 0 Å². The number of aryl methyl sites for hydroxylation is 1. The zero-order valence-corrected chi connectivity index (χ0v) is 24.3. The van der Waals surface area contributed by atoms with Gasteiger partial charge in [0.25, 0.3) is 10.0 Å². The summed E-state index contributed by atoms with van der Waals surface area (Å²) in [6.07, 6.45) is 6.64. The van der Waals surface area contributed by atoms with Gasteiger partial charge in [-0.05, 0) is 49.6 Å². The van der Waals surface area contributed by atoms with E-state index in [0.717, 1.165) is 29.3 Å². The van der Waals surface area contributed by atoms with Crippen molar-refractivity contribution in [3.8, 4) is 17.2 Å². The SMILES string of the molecule is COc1ccc(CN(c2ccncn2)S(=O)(=O)c2ccc(O[C@H]3CCC[C@@H]3c3ccnn3C)c(Cl)c2F)c(OC)c1. The Balaban J connectivity index is 1.49. The van der Waals surface area contributed by atoms with Gasteiger partial charge in [-0.1, -0.05) is 11.6 Å². The molecule has 10 nitrogen and oxygen atoms in total. The maximum Gasteiger partial charge on any atom is 0.268 e. The van der Waals surface area contributed by atoms with E-state index in [1.165, 1.54) is 44.9 Å². The lowest BCUT2D eigenvalue weighted by molar-refractivity contribution is 0.186. The lowest BCUT2D eigenvalue weighted by atomic mass is 10.0. The Bertz CT molecular complexity index is 1640. The highest BCUT2D eigenvalue weighted by Crippen LogP contribution is 2.41. The molecule has 2 aromatic heterocycles. The van der Waals surface area contributed by atoms with Gasteiger partial charge in [-0.3, -0.25) is 4.68 Å². The molecule has 41 heavy (non-hydrogen) atoms. The molecule has 0 aliphatic heterocycles. The summed E-state index contributed by atoms with van der Waals surface area (Å²) in [5.41, 5.74) is 1.52. The molecule has 13 heteroatoms. The molecule has 0 bridgehead atoms. The molecule has 0 unspecified atom stereocenters. The first-order valence-corrected chi connectivity index (χ1v) is 14.7. The van der Waals surface area contributed by atoms with Gasteiger partial charge in [-0.2, -0.15) is 5.10 Å². The van der Waals surface area contributed by atoms with E-state index in [-0.39, 0.29) is 30.1 Å². The molecule has 2 atom stereocenters. The fourth-order valence-electron chi connectivity index (χ4n) is 5.10. The van der Waals surface area contributed by atoms with Crippen LogP contribution in [0.15, 0.2) is 66.1 Å². The predicted octanol–water partition coefficient (Wildman–Crippen LogP) is 5.13. The van der Waals surface area contributed by atoms with Crippen molar-refractivity contribution in [2.24, 2.45) is 7.05 Å². The molecule has 0 amide bonds. The zero-order valence-electron chi connectivity index (χ0n) is 22.7. The van der Waals surface area contributed by atoms with E-state index in [0.29, 0.717) is 17.1 Å². The average Bonchev–Trinajstić information content (AvgIpc) is 3.62. The Morgan fingerprint density at radius 3 is 2.59 bits per heavy atom. The number of rotatable bonds is 10. The number of aromatic nitrogens is 4. The van der Waals surface area contributed by atoms with Crippen molar-refractivity contribution in [2.75, 3.05) is 18.5 Å². The summed E-state index contributed by atoms with van der Waals surface area (Å²) in [6.45, 7) is -0.212. The summed E-state index contributed by atoms with van der Waals surface area (Å²) >= 11 is 6.42. The second-order valence-electron chi connectivity index (χ2n) is 9.52. The average molecular weight is 602 g/mol. The van der Waals surface area contributed by atoms with Crippen molar-refractivity contribution in [1.29, 1.82) is 0 Å². The number of hydrogen-bond acceptors (Lipinski definition) is 8. The molecule has 2 heterocycles. The highest BCUT2D eigenvalue weighted by molar-refractivity contribution is 7.92. The van der Waals surface area contributed by atoms with E-state index in [1.54, 1.807) is 29.1 Å². The molecular weight excluding hydrogens is 573 g/mol. The standard InChI is InChI=1S/C28H29ClFN5O5S/c1-34-21(11-14-33-34)20-5-4-6-22(20)40-23-9-10-25(28(30)27(23)29)41(36,37)35(26-12-13-31-17-32-26)16-18-7-8-19(38-2)15-24(18)39-3/h7-15,17,20,22H,4-6,16H2,1-3H3/t20-,22+/m1/s1. The molecule has 0 spiro atoms. The third kappa shape index (κ3) is 5.66. The maximum absolute atomic E-state index is 15.8. The molecule has 5 rings (SSSR count). The van der Waals surface area contributed by atoms with Gasteiger partial charge >= 0.3 is 0 Å². The largest absolute Gasteiger partial charge is 0.497 e. The van der Waals surface area contributed by atoms with Gasteiger partial charge in [0.1, 0.15) is 45.4 Å². The van der Waals surface area contributed by atoms with Crippen LogP contribution < -0.4 is 18.5 Å². The van der Waals surface area contributed by atoms with Crippen molar-refractivity contribution < 1.29 is 27.0 Å². The Hall–Kier alpha value is -3.90. The molecule has 1 aliphatic rings. The van der Waals surface area contributed by atoms with Crippen molar-refractivity contribution in [2.45, 2.75) is 42.7 Å². The highest BCUT2D eigenvalue weighted by atomic mass is 35.5. The number of methoxy groups -OCH3 is 2. The van der Waals surface area contributed by atoms with Crippen LogP contribution in [0.1, 0.15) is 36.4 Å². The molecule has 1 saturated carbocycles. The molecular formula is C28H29ClFN5O5S. The first-order chi connectivity index (χ1) is 19.7. The first kappa shape index (κ1) is 28.6. The number of hydrogen-bond donors (Lipinski definition) is 0. The van der Waals surface area contributed by atoms with Gasteiger partial charge in [0.05, 0.1) is 20.8 Å². The second-order valence-corrected chi connectivity index (χ2v) is 11.7. The van der Waals surface area contributed by atoms with Gasteiger partial charge < -0.3 is 14.2 Å². The van der Waals surface area contributed by atoms with Crippen LogP contribution in [-0.4, -0.2) is 48.5 Å². The van der Waals surface area contributed by atoms with Crippen LogP contribution in [0.4, 0.5) is 10.2 Å². The van der Waals surface area contributed by atoms with E-state index in [1.807, 2.05) is 13.1 Å². The van der Waals surface area contributed by atoms with Crippen LogP contribution >= 0.6 is 11.6 Å². The minimum absolute atomic E-state index is 0.0405. The smallest absolute Gasteiger partial charge is 0.268 e. The summed E-state index contributed by atoms with van der Waals surface area (Å²) in [5, 5.41) is 3.83. The Morgan fingerprint density at radius 1 is 1.07 bits per heavy atom. The minimum atomic E-state index is -4.51. The van der Waals surface area contributed by atoms with Crippen LogP contribution in [-0.2, 0) is 23.6 Å². The molecule has 2 aromatic carbocycles. The Morgan fingerprint density at radius 2 is 1.90 bits per heavy atom. The Labute approximate surface area is 242 Å². The fraction of sp³-hybridized carbons (Fsp3) is 0.321. The molecule has 0 N–H and O–H groups in total. The van der Waals surface area contributed by atoms with Crippen LogP contribution in [0.2, 0.25) is 5.02 Å². The second kappa shape index (κ2) is 11.9. The first-order valence-electron chi connectivity index (χ1n) is 12.9. The van der Waals surface area contributed by atoms with E-state index in [9.17, 15) is 8.42 Å². The monoisotopic (exact) mass is 601 g/mol. The van der Waals surface area contributed by atoms with E-state index in [2.05, 4.69) is 15.1 Å². The third-order valence-electron chi connectivity index (χ3n) is 7.18. The molecule has 1 fully saturated rings. The predicted molar refractivity (Wildman–Crippen MR) is 151 cm³/mol. The molecule has 216 valence electrons. The molecule has 0 radical (unpaired) electrons. The number of ether oxygens (including phenoxy) is 3. The van der Waals surface area contributed by atoms with Crippen LogP contribution in [0.3, 0.4) is 0 Å². The lowest BCUT2D eigenvalue weighted by Gasteiger charge is -2.25.